The fourth-order valence-corrected chi connectivity index (χ4v) is 3.69. The molecule has 0 aromatic rings. The first-order valence-electron chi connectivity index (χ1n) is 6.75. The van der Waals surface area contributed by atoms with E-state index < -0.39 is 5.60 Å². The van der Waals surface area contributed by atoms with Gasteiger partial charge in [0, 0.05) is 32.7 Å². The van der Waals surface area contributed by atoms with Crippen LogP contribution < -0.4 is 0 Å². The molecule has 3 unspecified atom stereocenters. The summed E-state index contributed by atoms with van der Waals surface area (Å²) in [6.07, 6.45) is 3.87. The predicted octanol–water partition coefficient (Wildman–Crippen LogP) is 0.639. The van der Waals surface area contributed by atoms with E-state index >= 15 is 0 Å². The Morgan fingerprint density at radius 1 is 1.29 bits per heavy atom. The first kappa shape index (κ1) is 11.9. The topological polar surface area (TPSA) is 41.9 Å². The Kier molecular flexibility index (Phi) is 2.94. The number of aliphatic hydroxyl groups is 1. The van der Waals surface area contributed by atoms with E-state index in [0.717, 1.165) is 58.6 Å². The van der Waals surface area contributed by atoms with Crippen LogP contribution in [0.2, 0.25) is 0 Å². The quantitative estimate of drug-likeness (QED) is 0.731. The van der Waals surface area contributed by atoms with Crippen LogP contribution in [0.5, 0.6) is 0 Å². The van der Waals surface area contributed by atoms with Gasteiger partial charge < -0.3 is 19.5 Å². The first-order chi connectivity index (χ1) is 8.12. The Bertz CT molecular complexity index is 290. The molecule has 98 valence electrons. The molecule has 0 bridgehead atoms. The zero-order valence-electron chi connectivity index (χ0n) is 10.7. The molecule has 3 fully saturated rings. The zero-order chi connectivity index (χ0) is 11.9. The van der Waals surface area contributed by atoms with Crippen molar-refractivity contribution in [3.05, 3.63) is 0 Å². The number of likely N-dealkylation sites (N-methyl/N-ethyl adjacent to an activating group) is 1. The van der Waals surface area contributed by atoms with Crippen LogP contribution in [-0.4, -0.2) is 61.2 Å². The van der Waals surface area contributed by atoms with Gasteiger partial charge in [0.05, 0.1) is 17.8 Å². The number of β-amino-alcohol motifs (C(OH)–C–C–N with tert-alkyl or cyclic N) is 1. The fraction of sp³-hybridized carbons (Fsp3) is 1.00. The third kappa shape index (κ3) is 2.12. The summed E-state index contributed by atoms with van der Waals surface area (Å²) in [4.78, 5) is 2.23. The Morgan fingerprint density at radius 3 is 2.82 bits per heavy atom. The van der Waals surface area contributed by atoms with Crippen molar-refractivity contribution in [2.24, 2.45) is 5.92 Å². The second-order valence-corrected chi connectivity index (χ2v) is 6.12. The molecule has 0 aliphatic carbocycles. The van der Waals surface area contributed by atoms with Crippen molar-refractivity contribution in [2.75, 3.05) is 40.0 Å². The summed E-state index contributed by atoms with van der Waals surface area (Å²) < 4.78 is 11.4. The monoisotopic (exact) mass is 241 g/mol. The van der Waals surface area contributed by atoms with E-state index in [4.69, 9.17) is 9.47 Å². The van der Waals surface area contributed by atoms with Gasteiger partial charge in [0.1, 0.15) is 0 Å². The third-order valence-corrected chi connectivity index (χ3v) is 4.79. The second-order valence-electron chi connectivity index (χ2n) is 6.12. The number of likely N-dealkylation sites (tertiary alicyclic amines) is 1. The summed E-state index contributed by atoms with van der Waals surface area (Å²) >= 11 is 0. The molecule has 0 aromatic carbocycles. The largest absolute Gasteiger partial charge is 0.388 e. The van der Waals surface area contributed by atoms with E-state index in [1.165, 1.54) is 0 Å². The Hall–Kier alpha value is -0.160. The second kappa shape index (κ2) is 4.19. The zero-order valence-corrected chi connectivity index (χ0v) is 10.7. The van der Waals surface area contributed by atoms with E-state index in [2.05, 4.69) is 11.9 Å². The van der Waals surface area contributed by atoms with Gasteiger partial charge in [-0.25, -0.2) is 0 Å². The van der Waals surface area contributed by atoms with Gasteiger partial charge in [-0.15, -0.1) is 0 Å². The van der Waals surface area contributed by atoms with Crippen molar-refractivity contribution >= 4 is 0 Å². The predicted molar refractivity (Wildman–Crippen MR) is 63.9 cm³/mol. The normalized spacial score (nSPS) is 48.0. The SMILES string of the molecule is CN1CCC(O)(C2CCOC3(CCOC3)C2)C1. The lowest BCUT2D eigenvalue weighted by atomic mass is 9.75. The Labute approximate surface area is 103 Å². The maximum Gasteiger partial charge on any atom is 0.0940 e. The summed E-state index contributed by atoms with van der Waals surface area (Å²) in [5, 5.41) is 10.8. The smallest absolute Gasteiger partial charge is 0.0940 e. The van der Waals surface area contributed by atoms with Gasteiger partial charge in [0.15, 0.2) is 0 Å². The van der Waals surface area contributed by atoms with Crippen LogP contribution >= 0.6 is 0 Å². The van der Waals surface area contributed by atoms with E-state index in [-0.39, 0.29) is 5.60 Å². The minimum absolute atomic E-state index is 0.0835. The molecule has 0 saturated carbocycles. The van der Waals surface area contributed by atoms with Crippen molar-refractivity contribution in [1.82, 2.24) is 4.90 Å². The van der Waals surface area contributed by atoms with Crippen molar-refractivity contribution in [3.63, 3.8) is 0 Å². The number of hydrogen-bond acceptors (Lipinski definition) is 4. The molecule has 3 saturated heterocycles. The van der Waals surface area contributed by atoms with E-state index in [9.17, 15) is 5.11 Å². The van der Waals surface area contributed by atoms with Gasteiger partial charge in [0.2, 0.25) is 0 Å². The average Bonchev–Trinajstić information content (AvgIpc) is 2.88. The molecule has 3 aliphatic heterocycles. The first-order valence-corrected chi connectivity index (χ1v) is 6.75. The molecule has 0 radical (unpaired) electrons. The highest BCUT2D eigenvalue weighted by Crippen LogP contribution is 2.42. The highest BCUT2D eigenvalue weighted by atomic mass is 16.6. The molecule has 3 rings (SSSR count). The number of nitrogens with zero attached hydrogens (tertiary/aromatic N) is 1. The minimum Gasteiger partial charge on any atom is -0.388 e. The molecule has 17 heavy (non-hydrogen) atoms. The standard InChI is InChI=1S/C13H23NO3/c1-14-5-3-13(15,9-14)11-2-6-17-12(8-11)4-7-16-10-12/h11,15H,2-10H2,1H3. The molecule has 1 spiro atoms. The van der Waals surface area contributed by atoms with Crippen LogP contribution in [0.1, 0.15) is 25.7 Å². The lowest BCUT2D eigenvalue weighted by molar-refractivity contribution is -0.139. The van der Waals surface area contributed by atoms with E-state index in [0.29, 0.717) is 5.92 Å². The van der Waals surface area contributed by atoms with Gasteiger partial charge >= 0.3 is 0 Å². The lowest BCUT2D eigenvalue weighted by Gasteiger charge is -2.43. The summed E-state index contributed by atoms with van der Waals surface area (Å²) in [5.41, 5.74) is -0.575. The van der Waals surface area contributed by atoms with Crippen LogP contribution in [0.3, 0.4) is 0 Å². The van der Waals surface area contributed by atoms with Gasteiger partial charge in [-0.2, -0.15) is 0 Å². The van der Waals surface area contributed by atoms with Crippen LogP contribution in [0.4, 0.5) is 0 Å². The highest BCUT2D eigenvalue weighted by molar-refractivity contribution is 5.00. The number of ether oxygens (including phenoxy) is 2. The highest BCUT2D eigenvalue weighted by Gasteiger charge is 2.49. The van der Waals surface area contributed by atoms with Crippen molar-refractivity contribution in [2.45, 2.75) is 36.9 Å². The van der Waals surface area contributed by atoms with Crippen LogP contribution in [-0.2, 0) is 9.47 Å². The fourth-order valence-electron chi connectivity index (χ4n) is 3.69. The van der Waals surface area contributed by atoms with Gasteiger partial charge in [-0.3, -0.25) is 0 Å². The minimum atomic E-state index is -0.492. The van der Waals surface area contributed by atoms with Gasteiger partial charge in [-0.05, 0) is 32.2 Å². The molecular formula is C13H23NO3. The number of rotatable bonds is 1. The van der Waals surface area contributed by atoms with Gasteiger partial charge in [-0.1, -0.05) is 0 Å². The maximum atomic E-state index is 10.8. The molecule has 4 nitrogen and oxygen atoms in total. The van der Waals surface area contributed by atoms with Crippen LogP contribution in [0, 0.1) is 5.92 Å². The van der Waals surface area contributed by atoms with Gasteiger partial charge in [0.25, 0.3) is 0 Å². The molecule has 3 aliphatic rings. The van der Waals surface area contributed by atoms with Crippen molar-refractivity contribution in [3.8, 4) is 0 Å². The molecule has 0 aromatic heterocycles. The molecule has 1 N–H and O–H groups in total. The summed E-state index contributed by atoms with van der Waals surface area (Å²) in [7, 11) is 2.09. The summed E-state index contributed by atoms with van der Waals surface area (Å²) in [6, 6.07) is 0. The third-order valence-electron chi connectivity index (χ3n) is 4.79. The van der Waals surface area contributed by atoms with Crippen LogP contribution in [0.15, 0.2) is 0 Å². The van der Waals surface area contributed by atoms with Crippen molar-refractivity contribution < 1.29 is 14.6 Å². The molecule has 4 heteroatoms. The van der Waals surface area contributed by atoms with E-state index in [1.54, 1.807) is 0 Å². The molecule has 3 atom stereocenters. The summed E-state index contributed by atoms with van der Waals surface area (Å²) in [6.45, 7) is 4.13. The lowest BCUT2D eigenvalue weighted by Crippen LogP contribution is -2.50. The molecule has 3 heterocycles. The van der Waals surface area contributed by atoms with Crippen LogP contribution in [0.25, 0.3) is 0 Å². The molecule has 0 amide bonds. The average molecular weight is 241 g/mol. The Morgan fingerprint density at radius 2 is 2.18 bits per heavy atom. The maximum absolute atomic E-state index is 10.8. The number of hydrogen-bond donors (Lipinski definition) is 1. The summed E-state index contributed by atoms with van der Waals surface area (Å²) in [5.74, 6) is 0.378. The molecular weight excluding hydrogens is 218 g/mol. The van der Waals surface area contributed by atoms with E-state index in [1.807, 2.05) is 0 Å². The Balaban J connectivity index is 1.71. The van der Waals surface area contributed by atoms with Crippen molar-refractivity contribution in [1.29, 1.82) is 0 Å².